The Balaban J connectivity index is 1.55. The van der Waals surface area contributed by atoms with Gasteiger partial charge in [-0.25, -0.2) is 22.9 Å². The molecule has 138 valence electrons. The topological polar surface area (TPSA) is 100 Å². The third-order valence-corrected chi connectivity index (χ3v) is 5.12. The molecule has 2 aromatic rings. The molecule has 1 atom stereocenters. The molecule has 3 rings (SSSR count). The summed E-state index contributed by atoms with van der Waals surface area (Å²) in [5.74, 6) is 0.376. The van der Waals surface area contributed by atoms with Gasteiger partial charge in [0.1, 0.15) is 16.5 Å². The van der Waals surface area contributed by atoms with Crippen LogP contribution < -0.4 is 20.7 Å². The minimum absolute atomic E-state index is 0.0141. The molecule has 1 aromatic carbocycles. The van der Waals surface area contributed by atoms with Crippen LogP contribution in [0.25, 0.3) is 0 Å². The number of pyridine rings is 1. The van der Waals surface area contributed by atoms with Gasteiger partial charge in [-0.2, -0.15) is 0 Å². The Morgan fingerprint density at radius 1 is 1.27 bits per heavy atom. The molecule has 1 aliphatic rings. The van der Waals surface area contributed by atoms with Gasteiger partial charge in [0, 0.05) is 31.0 Å². The minimum atomic E-state index is -3.74. The number of sulfonamides is 1. The van der Waals surface area contributed by atoms with E-state index in [4.69, 9.17) is 17.4 Å². The zero-order valence-electron chi connectivity index (χ0n) is 13.7. The summed E-state index contributed by atoms with van der Waals surface area (Å²) in [5, 5.41) is 11.8. The molecule has 4 N–H and O–H groups in total. The van der Waals surface area contributed by atoms with Crippen LogP contribution in [-0.2, 0) is 10.0 Å². The summed E-state index contributed by atoms with van der Waals surface area (Å²) in [6.07, 6.45) is 2.11. The first-order chi connectivity index (χ1) is 12.3. The van der Waals surface area contributed by atoms with E-state index in [2.05, 4.69) is 15.6 Å². The number of nitrogens with zero attached hydrogens (tertiary/aromatic N) is 2. The van der Waals surface area contributed by atoms with Crippen LogP contribution in [0.3, 0.4) is 0 Å². The Bertz CT molecular complexity index is 888. The lowest BCUT2D eigenvalue weighted by molar-refractivity contribution is 0.597. The molecule has 0 unspecified atom stereocenters. The summed E-state index contributed by atoms with van der Waals surface area (Å²) >= 11 is 5.29. The molecule has 0 amide bonds. The summed E-state index contributed by atoms with van der Waals surface area (Å²) in [4.78, 5) is 6.19. The number of rotatable bonds is 4. The quantitative estimate of drug-likeness (QED) is 0.674. The average Bonchev–Trinajstić information content (AvgIpc) is 3.04. The number of halogens is 1. The molecule has 1 aromatic heterocycles. The van der Waals surface area contributed by atoms with Gasteiger partial charge in [-0.05, 0) is 55.0 Å². The van der Waals surface area contributed by atoms with Crippen LogP contribution in [0.2, 0.25) is 0 Å². The summed E-state index contributed by atoms with van der Waals surface area (Å²) < 4.78 is 35.5. The highest BCUT2D eigenvalue weighted by Gasteiger charge is 2.24. The Hall–Kier alpha value is -2.30. The maximum absolute atomic E-state index is 12.9. The van der Waals surface area contributed by atoms with Gasteiger partial charge in [0.2, 0.25) is 10.0 Å². The largest absolute Gasteiger partial charge is 0.358 e. The Morgan fingerprint density at radius 2 is 2.00 bits per heavy atom. The summed E-state index contributed by atoms with van der Waals surface area (Å²) in [5.41, 5.74) is 0.707. The number of benzene rings is 1. The van der Waals surface area contributed by atoms with Crippen molar-refractivity contribution in [3.63, 3.8) is 0 Å². The van der Waals surface area contributed by atoms with Crippen LogP contribution in [0.5, 0.6) is 0 Å². The second-order valence-electron chi connectivity index (χ2n) is 5.93. The third-order valence-electron chi connectivity index (χ3n) is 4.00. The highest BCUT2D eigenvalue weighted by atomic mass is 32.2. The molecule has 1 saturated heterocycles. The zero-order chi connectivity index (χ0) is 18.7. The lowest BCUT2D eigenvalue weighted by atomic mass is 10.3. The number of hydrogen-bond donors (Lipinski definition) is 3. The fourth-order valence-corrected chi connectivity index (χ4v) is 3.44. The molecule has 1 aliphatic heterocycles. The van der Waals surface area contributed by atoms with E-state index in [1.807, 2.05) is 4.90 Å². The van der Waals surface area contributed by atoms with Crippen LogP contribution in [0.4, 0.5) is 15.9 Å². The summed E-state index contributed by atoms with van der Waals surface area (Å²) in [6.45, 7) is 1.44. The molecule has 0 spiro atoms. The fourth-order valence-electron chi connectivity index (χ4n) is 2.70. The number of aromatic nitrogens is 1. The van der Waals surface area contributed by atoms with E-state index in [-0.39, 0.29) is 16.8 Å². The first kappa shape index (κ1) is 18.5. The molecule has 2 heterocycles. The van der Waals surface area contributed by atoms with E-state index < -0.39 is 10.0 Å². The van der Waals surface area contributed by atoms with Gasteiger partial charge in [0.05, 0.1) is 0 Å². The van der Waals surface area contributed by atoms with E-state index in [0.717, 1.165) is 13.0 Å². The van der Waals surface area contributed by atoms with Crippen molar-refractivity contribution in [3.8, 4) is 0 Å². The van der Waals surface area contributed by atoms with Crippen molar-refractivity contribution in [1.82, 2.24) is 10.3 Å². The molecule has 7 nitrogen and oxygen atoms in total. The van der Waals surface area contributed by atoms with E-state index >= 15 is 0 Å². The summed E-state index contributed by atoms with van der Waals surface area (Å²) in [7, 11) is -3.74. The lowest BCUT2D eigenvalue weighted by Crippen LogP contribution is -2.39. The van der Waals surface area contributed by atoms with Gasteiger partial charge < -0.3 is 15.5 Å². The van der Waals surface area contributed by atoms with Crippen molar-refractivity contribution in [1.29, 1.82) is 0 Å². The van der Waals surface area contributed by atoms with Gasteiger partial charge in [-0.3, -0.25) is 0 Å². The van der Waals surface area contributed by atoms with Crippen molar-refractivity contribution < 1.29 is 12.8 Å². The van der Waals surface area contributed by atoms with E-state index in [1.54, 1.807) is 18.2 Å². The van der Waals surface area contributed by atoms with Gasteiger partial charge in [-0.1, -0.05) is 0 Å². The molecule has 0 bridgehead atoms. The number of thiocarbonyl (C=S) groups is 1. The zero-order valence-corrected chi connectivity index (χ0v) is 15.4. The Morgan fingerprint density at radius 3 is 2.62 bits per heavy atom. The smallest absolute Gasteiger partial charge is 0.239 e. The molecule has 1 fully saturated rings. The normalized spacial score (nSPS) is 17.2. The maximum atomic E-state index is 12.9. The van der Waals surface area contributed by atoms with Crippen LogP contribution in [-0.4, -0.2) is 37.6 Å². The van der Waals surface area contributed by atoms with Gasteiger partial charge in [0.15, 0.2) is 5.11 Å². The molecule has 0 aliphatic carbocycles. The van der Waals surface area contributed by atoms with E-state index in [9.17, 15) is 12.8 Å². The van der Waals surface area contributed by atoms with Crippen molar-refractivity contribution in [3.05, 3.63) is 48.4 Å². The van der Waals surface area contributed by atoms with E-state index in [1.165, 1.54) is 24.4 Å². The molecule has 0 radical (unpaired) electrons. The number of primary sulfonamides is 1. The Labute approximate surface area is 156 Å². The second kappa shape index (κ2) is 7.52. The molecular weight excluding hydrogens is 377 g/mol. The van der Waals surface area contributed by atoms with Gasteiger partial charge >= 0.3 is 0 Å². The molecule has 10 heteroatoms. The number of nitrogens with one attached hydrogen (secondary N) is 2. The summed E-state index contributed by atoms with van der Waals surface area (Å²) in [6, 6.07) is 9.15. The highest BCUT2D eigenvalue weighted by molar-refractivity contribution is 7.89. The Kier molecular flexibility index (Phi) is 5.35. The average molecular weight is 395 g/mol. The fraction of sp³-hybridized carbons (Fsp3) is 0.250. The predicted molar refractivity (Wildman–Crippen MR) is 102 cm³/mol. The SMILES string of the molecule is NS(=O)(=O)c1ccc(N2CC[C@@H](NC(=S)Nc3ccc(F)cc3)C2)nc1. The van der Waals surface area contributed by atoms with Crippen molar-refractivity contribution in [2.45, 2.75) is 17.4 Å². The van der Waals surface area contributed by atoms with Crippen LogP contribution in [0.1, 0.15) is 6.42 Å². The van der Waals surface area contributed by atoms with Gasteiger partial charge in [-0.15, -0.1) is 0 Å². The monoisotopic (exact) mass is 395 g/mol. The number of nitrogens with two attached hydrogens (primary N) is 1. The standard InChI is InChI=1S/C16H18FN5O2S2/c17-11-1-3-12(4-2-11)20-16(25)21-13-7-8-22(10-13)15-6-5-14(9-19-15)26(18,23)24/h1-6,9,13H,7-8,10H2,(H2,18,23,24)(H2,20,21,25)/t13-/m1/s1. The first-order valence-corrected chi connectivity index (χ1v) is 9.83. The van der Waals surface area contributed by atoms with Crippen molar-refractivity contribution >= 4 is 38.9 Å². The minimum Gasteiger partial charge on any atom is -0.358 e. The molecule has 26 heavy (non-hydrogen) atoms. The molecular formula is C16H18FN5O2S2. The van der Waals surface area contributed by atoms with Crippen LogP contribution in [0.15, 0.2) is 47.5 Å². The lowest BCUT2D eigenvalue weighted by Gasteiger charge is -2.19. The first-order valence-electron chi connectivity index (χ1n) is 7.88. The van der Waals surface area contributed by atoms with Crippen molar-refractivity contribution in [2.75, 3.05) is 23.3 Å². The van der Waals surface area contributed by atoms with E-state index in [0.29, 0.717) is 23.2 Å². The van der Waals surface area contributed by atoms with Crippen LogP contribution >= 0.6 is 12.2 Å². The van der Waals surface area contributed by atoms with Crippen molar-refractivity contribution in [2.24, 2.45) is 5.14 Å². The number of hydrogen-bond acceptors (Lipinski definition) is 5. The maximum Gasteiger partial charge on any atom is 0.239 e. The predicted octanol–water partition coefficient (Wildman–Crippen LogP) is 1.43. The molecule has 0 saturated carbocycles. The van der Waals surface area contributed by atoms with Crippen LogP contribution in [0, 0.1) is 5.82 Å². The number of anilines is 2. The highest BCUT2D eigenvalue weighted by Crippen LogP contribution is 2.19. The van der Waals surface area contributed by atoms with Gasteiger partial charge in [0.25, 0.3) is 0 Å². The third kappa shape index (κ3) is 4.65. The second-order valence-corrected chi connectivity index (χ2v) is 7.90.